The third-order valence-electron chi connectivity index (χ3n) is 5.10. The summed E-state index contributed by atoms with van der Waals surface area (Å²) in [4.78, 5) is 12.5. The van der Waals surface area contributed by atoms with Gasteiger partial charge in [0, 0.05) is 19.5 Å². The third-order valence-corrected chi connectivity index (χ3v) is 5.10. The summed E-state index contributed by atoms with van der Waals surface area (Å²) in [5, 5.41) is 13.0. The van der Waals surface area contributed by atoms with Crippen molar-refractivity contribution in [2.45, 2.75) is 71.0 Å². The van der Waals surface area contributed by atoms with E-state index in [9.17, 15) is 4.79 Å². The molecule has 2 aromatic heterocycles. The lowest BCUT2D eigenvalue weighted by molar-refractivity contribution is 0.421. The molecule has 0 unspecified atom stereocenters. The topological polar surface area (TPSA) is 70.5 Å². The van der Waals surface area contributed by atoms with Gasteiger partial charge in [-0.2, -0.15) is 5.10 Å². The van der Waals surface area contributed by atoms with Gasteiger partial charge >= 0.3 is 5.69 Å². The zero-order valence-corrected chi connectivity index (χ0v) is 13.5. The lowest BCUT2D eigenvalue weighted by Crippen LogP contribution is -2.25. The van der Waals surface area contributed by atoms with Gasteiger partial charge in [-0.1, -0.05) is 24.5 Å². The highest BCUT2D eigenvalue weighted by atomic mass is 16.2. The number of hydrogen-bond donors (Lipinski definition) is 0. The van der Waals surface area contributed by atoms with Crippen LogP contribution in [0.2, 0.25) is 0 Å². The van der Waals surface area contributed by atoms with Crippen LogP contribution in [-0.2, 0) is 26.1 Å². The van der Waals surface area contributed by atoms with Crippen LogP contribution in [-0.4, -0.2) is 29.3 Å². The number of rotatable bonds is 4. The maximum absolute atomic E-state index is 12.5. The predicted octanol–water partition coefficient (Wildman–Crippen LogP) is 1.60. The van der Waals surface area contributed by atoms with E-state index in [4.69, 9.17) is 0 Å². The molecule has 1 aliphatic heterocycles. The SMILES string of the molecule is O=c1n(Cc2cn(CC3CCCC3)nn2)nc2n1CCCCC2. The van der Waals surface area contributed by atoms with Crippen LogP contribution in [0.15, 0.2) is 11.0 Å². The monoisotopic (exact) mass is 316 g/mol. The van der Waals surface area contributed by atoms with Crippen molar-refractivity contribution in [2.75, 3.05) is 0 Å². The highest BCUT2D eigenvalue weighted by Gasteiger charge is 2.18. The molecule has 0 N–H and O–H groups in total. The van der Waals surface area contributed by atoms with Crippen molar-refractivity contribution in [3.8, 4) is 0 Å². The molecule has 0 atom stereocenters. The molecule has 1 fully saturated rings. The minimum absolute atomic E-state index is 0.00718. The minimum Gasteiger partial charge on any atom is -0.279 e. The van der Waals surface area contributed by atoms with E-state index in [1.807, 2.05) is 15.4 Å². The van der Waals surface area contributed by atoms with Crippen LogP contribution in [0.1, 0.15) is 56.5 Å². The molecule has 7 heteroatoms. The Morgan fingerprint density at radius 2 is 2.00 bits per heavy atom. The molecule has 0 spiro atoms. The van der Waals surface area contributed by atoms with Gasteiger partial charge in [0.05, 0.1) is 12.7 Å². The van der Waals surface area contributed by atoms with Gasteiger partial charge in [0.15, 0.2) is 0 Å². The number of aromatic nitrogens is 6. The van der Waals surface area contributed by atoms with Crippen LogP contribution in [0.3, 0.4) is 0 Å². The van der Waals surface area contributed by atoms with Gasteiger partial charge in [0.25, 0.3) is 0 Å². The first-order valence-electron chi connectivity index (χ1n) is 8.85. The van der Waals surface area contributed by atoms with Crippen LogP contribution in [0.4, 0.5) is 0 Å². The van der Waals surface area contributed by atoms with E-state index >= 15 is 0 Å². The highest BCUT2D eigenvalue weighted by molar-refractivity contribution is 4.96. The molecule has 23 heavy (non-hydrogen) atoms. The maximum atomic E-state index is 12.5. The first kappa shape index (κ1) is 14.7. The normalized spacial score (nSPS) is 19.0. The third kappa shape index (κ3) is 3.09. The summed E-state index contributed by atoms with van der Waals surface area (Å²) in [5.41, 5.74) is 0.811. The molecule has 0 radical (unpaired) electrons. The Labute approximate surface area is 135 Å². The van der Waals surface area contributed by atoms with Gasteiger partial charge in [0.2, 0.25) is 0 Å². The zero-order valence-electron chi connectivity index (χ0n) is 13.5. The van der Waals surface area contributed by atoms with E-state index in [0.717, 1.165) is 49.8 Å². The van der Waals surface area contributed by atoms with E-state index in [1.165, 1.54) is 32.1 Å². The van der Waals surface area contributed by atoms with E-state index in [2.05, 4.69) is 15.4 Å². The Morgan fingerprint density at radius 3 is 2.87 bits per heavy atom. The Hall–Kier alpha value is -1.92. The van der Waals surface area contributed by atoms with Gasteiger partial charge in [-0.25, -0.2) is 9.48 Å². The lowest BCUT2D eigenvalue weighted by atomic mass is 10.1. The molecule has 1 aliphatic carbocycles. The van der Waals surface area contributed by atoms with E-state index in [0.29, 0.717) is 6.54 Å². The fraction of sp³-hybridized carbons (Fsp3) is 0.750. The average Bonchev–Trinajstić information content (AvgIpc) is 3.22. The smallest absolute Gasteiger partial charge is 0.279 e. The standard InChI is InChI=1S/C16H24N6O/c23-16-21-9-5-1-2-8-15(21)18-22(16)12-14-11-20(19-17-14)10-13-6-3-4-7-13/h11,13H,1-10,12H2. The second-order valence-electron chi connectivity index (χ2n) is 6.90. The molecule has 2 aliphatic rings. The molecular formula is C16H24N6O. The Kier molecular flexibility index (Phi) is 4.01. The van der Waals surface area contributed by atoms with Crippen LogP contribution in [0.5, 0.6) is 0 Å². The van der Waals surface area contributed by atoms with E-state index < -0.39 is 0 Å². The number of hydrogen-bond acceptors (Lipinski definition) is 4. The molecule has 0 saturated heterocycles. The van der Waals surface area contributed by atoms with Crippen molar-refractivity contribution in [1.82, 2.24) is 29.3 Å². The number of aryl methyl sites for hydroxylation is 1. The maximum Gasteiger partial charge on any atom is 0.346 e. The molecule has 4 rings (SSSR count). The van der Waals surface area contributed by atoms with Crippen molar-refractivity contribution < 1.29 is 0 Å². The summed E-state index contributed by atoms with van der Waals surface area (Å²) in [6.07, 6.45) is 11.5. The van der Waals surface area contributed by atoms with Gasteiger partial charge in [-0.15, -0.1) is 5.10 Å². The lowest BCUT2D eigenvalue weighted by Gasteiger charge is -2.06. The Bertz CT molecular complexity index is 721. The Balaban J connectivity index is 1.48. The molecule has 2 aromatic rings. The van der Waals surface area contributed by atoms with Crippen LogP contribution in [0, 0.1) is 5.92 Å². The molecule has 7 nitrogen and oxygen atoms in total. The van der Waals surface area contributed by atoms with Crippen molar-refractivity contribution in [3.05, 3.63) is 28.2 Å². The van der Waals surface area contributed by atoms with Crippen molar-refractivity contribution in [1.29, 1.82) is 0 Å². The van der Waals surface area contributed by atoms with Gasteiger partial charge < -0.3 is 0 Å². The summed E-state index contributed by atoms with van der Waals surface area (Å²) in [5.74, 6) is 1.65. The van der Waals surface area contributed by atoms with Gasteiger partial charge in [0.1, 0.15) is 11.5 Å². The summed E-state index contributed by atoms with van der Waals surface area (Å²) >= 11 is 0. The number of nitrogens with zero attached hydrogens (tertiary/aromatic N) is 6. The fourth-order valence-corrected chi connectivity index (χ4v) is 3.84. The first-order chi connectivity index (χ1) is 11.3. The Morgan fingerprint density at radius 1 is 1.13 bits per heavy atom. The molecule has 0 bridgehead atoms. The highest BCUT2D eigenvalue weighted by Crippen LogP contribution is 2.25. The van der Waals surface area contributed by atoms with Crippen LogP contribution in [0.25, 0.3) is 0 Å². The summed E-state index contributed by atoms with van der Waals surface area (Å²) in [6.45, 7) is 2.16. The van der Waals surface area contributed by atoms with Gasteiger partial charge in [-0.3, -0.25) is 9.25 Å². The second kappa shape index (κ2) is 6.29. The van der Waals surface area contributed by atoms with Crippen molar-refractivity contribution in [2.24, 2.45) is 5.92 Å². The molecule has 0 aromatic carbocycles. The molecule has 124 valence electrons. The van der Waals surface area contributed by atoms with Gasteiger partial charge in [-0.05, 0) is 31.6 Å². The first-order valence-corrected chi connectivity index (χ1v) is 8.85. The molecular weight excluding hydrogens is 292 g/mol. The van der Waals surface area contributed by atoms with Crippen LogP contribution < -0.4 is 5.69 Å². The largest absolute Gasteiger partial charge is 0.346 e. The van der Waals surface area contributed by atoms with E-state index in [-0.39, 0.29) is 5.69 Å². The van der Waals surface area contributed by atoms with Crippen molar-refractivity contribution in [3.63, 3.8) is 0 Å². The average molecular weight is 316 g/mol. The minimum atomic E-state index is -0.00718. The zero-order chi connectivity index (χ0) is 15.6. The van der Waals surface area contributed by atoms with Crippen molar-refractivity contribution >= 4 is 0 Å². The summed E-state index contributed by atoms with van der Waals surface area (Å²) in [6, 6.07) is 0. The summed E-state index contributed by atoms with van der Waals surface area (Å²) < 4.78 is 5.30. The molecule has 1 saturated carbocycles. The van der Waals surface area contributed by atoms with E-state index in [1.54, 1.807) is 4.68 Å². The molecule has 0 amide bonds. The molecule has 3 heterocycles. The predicted molar refractivity (Wildman–Crippen MR) is 85.1 cm³/mol. The second-order valence-corrected chi connectivity index (χ2v) is 6.90. The van der Waals surface area contributed by atoms with Crippen LogP contribution >= 0.6 is 0 Å². The summed E-state index contributed by atoms with van der Waals surface area (Å²) in [7, 11) is 0. The fourth-order valence-electron chi connectivity index (χ4n) is 3.84. The quantitative estimate of drug-likeness (QED) is 0.859. The number of fused-ring (bicyclic) bond motifs is 1.